The van der Waals surface area contributed by atoms with Gasteiger partial charge in [0.15, 0.2) is 0 Å². The molecule has 27 heavy (non-hydrogen) atoms. The third kappa shape index (κ3) is 3.17. The van der Waals surface area contributed by atoms with Gasteiger partial charge in [0.1, 0.15) is 12.0 Å². The molecule has 0 fully saturated rings. The van der Waals surface area contributed by atoms with Crippen molar-refractivity contribution < 1.29 is 4.74 Å². The van der Waals surface area contributed by atoms with Crippen LogP contribution in [0.5, 0.6) is 5.75 Å². The number of hydrogen-bond acceptors (Lipinski definition) is 5. The lowest BCUT2D eigenvalue weighted by atomic mass is 10.0. The van der Waals surface area contributed by atoms with Crippen LogP contribution in [-0.4, -0.2) is 18.3 Å². The molecule has 0 bridgehead atoms. The molecule has 5 nitrogen and oxygen atoms in total. The zero-order valence-corrected chi connectivity index (χ0v) is 15.3. The molecule has 1 aliphatic heterocycles. The summed E-state index contributed by atoms with van der Waals surface area (Å²) in [7, 11) is 1.67. The number of nitrogens with zero attached hydrogens (tertiary/aromatic N) is 2. The fourth-order valence-corrected chi connectivity index (χ4v) is 3.68. The standard InChI is InChI=1S/C22H24N4O/c1-27-20-14-8-7-13-19(20)26-18-12-6-5-11-17(18)21(23)25(22(26)24)15-16-9-3-2-4-10-16/h2-14,21-22H,15,23-24H2,1H3. The van der Waals surface area contributed by atoms with Crippen LogP contribution in [0.4, 0.5) is 11.4 Å². The number of nitrogens with two attached hydrogens (primary N) is 2. The molecular weight excluding hydrogens is 336 g/mol. The van der Waals surface area contributed by atoms with Gasteiger partial charge >= 0.3 is 0 Å². The minimum Gasteiger partial charge on any atom is -0.495 e. The van der Waals surface area contributed by atoms with E-state index in [4.69, 9.17) is 16.2 Å². The Bertz CT molecular complexity index is 915. The number of benzene rings is 3. The van der Waals surface area contributed by atoms with Gasteiger partial charge in [-0.1, -0.05) is 60.7 Å². The van der Waals surface area contributed by atoms with Gasteiger partial charge in [0.05, 0.1) is 24.7 Å². The molecule has 1 heterocycles. The van der Waals surface area contributed by atoms with Crippen molar-refractivity contribution in [2.45, 2.75) is 19.0 Å². The Balaban J connectivity index is 1.81. The van der Waals surface area contributed by atoms with Gasteiger partial charge in [-0.15, -0.1) is 0 Å². The van der Waals surface area contributed by atoms with E-state index >= 15 is 0 Å². The second-order valence-corrected chi connectivity index (χ2v) is 6.62. The molecular formula is C22H24N4O. The number of hydrogen-bond donors (Lipinski definition) is 2. The fraction of sp³-hybridized carbons (Fsp3) is 0.182. The maximum Gasteiger partial charge on any atom is 0.142 e. The summed E-state index contributed by atoms with van der Waals surface area (Å²) in [6.07, 6.45) is -0.714. The van der Waals surface area contributed by atoms with Crippen LogP contribution in [0.1, 0.15) is 17.3 Å². The monoisotopic (exact) mass is 360 g/mol. The molecule has 2 unspecified atom stereocenters. The Kier molecular flexibility index (Phi) is 4.81. The van der Waals surface area contributed by atoms with Crippen LogP contribution < -0.4 is 21.1 Å². The van der Waals surface area contributed by atoms with Gasteiger partial charge in [0, 0.05) is 12.1 Å². The lowest BCUT2D eigenvalue weighted by Crippen LogP contribution is -2.58. The molecule has 3 aromatic carbocycles. The lowest BCUT2D eigenvalue weighted by molar-refractivity contribution is 0.121. The van der Waals surface area contributed by atoms with Crippen LogP contribution >= 0.6 is 0 Å². The fourth-order valence-electron chi connectivity index (χ4n) is 3.68. The maximum atomic E-state index is 6.75. The van der Waals surface area contributed by atoms with E-state index in [9.17, 15) is 0 Å². The van der Waals surface area contributed by atoms with Crippen LogP contribution in [0.3, 0.4) is 0 Å². The highest BCUT2D eigenvalue weighted by atomic mass is 16.5. The van der Waals surface area contributed by atoms with E-state index in [0.717, 1.165) is 22.7 Å². The van der Waals surface area contributed by atoms with Crippen LogP contribution in [0.15, 0.2) is 78.9 Å². The molecule has 3 aromatic rings. The summed E-state index contributed by atoms with van der Waals surface area (Å²) in [6.45, 7) is 0.656. The molecule has 0 aromatic heterocycles. The second-order valence-electron chi connectivity index (χ2n) is 6.62. The van der Waals surface area contributed by atoms with Crippen molar-refractivity contribution in [1.82, 2.24) is 4.90 Å². The van der Waals surface area contributed by atoms with E-state index in [1.807, 2.05) is 54.6 Å². The van der Waals surface area contributed by atoms with E-state index in [1.54, 1.807) is 7.11 Å². The Morgan fingerprint density at radius 2 is 1.44 bits per heavy atom. The highest BCUT2D eigenvalue weighted by Gasteiger charge is 2.36. The van der Waals surface area contributed by atoms with Crippen molar-refractivity contribution in [3.8, 4) is 5.75 Å². The van der Waals surface area contributed by atoms with Crippen LogP contribution in [0.25, 0.3) is 0 Å². The largest absolute Gasteiger partial charge is 0.495 e. The number of ether oxygens (including phenoxy) is 1. The molecule has 0 aliphatic carbocycles. The number of para-hydroxylation sites is 3. The highest BCUT2D eigenvalue weighted by Crippen LogP contribution is 2.43. The van der Waals surface area contributed by atoms with Crippen molar-refractivity contribution in [1.29, 1.82) is 0 Å². The first-order valence-electron chi connectivity index (χ1n) is 9.02. The van der Waals surface area contributed by atoms with Crippen molar-refractivity contribution in [3.63, 3.8) is 0 Å². The minimum absolute atomic E-state index is 0.289. The second kappa shape index (κ2) is 7.40. The number of anilines is 2. The van der Waals surface area contributed by atoms with Crippen LogP contribution in [-0.2, 0) is 6.54 Å². The Hall–Kier alpha value is -2.86. The first-order valence-corrected chi connectivity index (χ1v) is 9.02. The van der Waals surface area contributed by atoms with E-state index in [0.29, 0.717) is 6.54 Å². The molecule has 4 rings (SSSR count). The number of methoxy groups -OCH3 is 1. The summed E-state index contributed by atoms with van der Waals surface area (Å²) < 4.78 is 5.60. The predicted octanol–water partition coefficient (Wildman–Crippen LogP) is 3.55. The smallest absolute Gasteiger partial charge is 0.142 e. The lowest BCUT2D eigenvalue weighted by Gasteiger charge is -2.47. The molecule has 4 N–H and O–H groups in total. The first-order chi connectivity index (χ1) is 13.2. The third-order valence-electron chi connectivity index (χ3n) is 5.03. The number of rotatable bonds is 4. The summed E-state index contributed by atoms with van der Waals surface area (Å²) in [5.74, 6) is 0.776. The van der Waals surface area contributed by atoms with Crippen LogP contribution in [0, 0.1) is 0 Å². The molecule has 0 amide bonds. The quantitative estimate of drug-likeness (QED) is 0.745. The van der Waals surface area contributed by atoms with E-state index < -0.39 is 6.29 Å². The molecule has 2 atom stereocenters. The molecule has 0 radical (unpaired) electrons. The van der Waals surface area contributed by atoms with E-state index in [-0.39, 0.29) is 6.17 Å². The third-order valence-corrected chi connectivity index (χ3v) is 5.03. The Morgan fingerprint density at radius 1 is 0.815 bits per heavy atom. The minimum atomic E-state index is -0.425. The molecule has 0 saturated carbocycles. The van der Waals surface area contributed by atoms with Gasteiger partial charge in [-0.05, 0) is 23.8 Å². The normalized spacial score (nSPS) is 19.6. The van der Waals surface area contributed by atoms with Gasteiger partial charge < -0.3 is 15.4 Å². The van der Waals surface area contributed by atoms with Gasteiger partial charge in [-0.25, -0.2) is 4.90 Å². The average Bonchev–Trinajstić information content (AvgIpc) is 2.72. The average molecular weight is 360 g/mol. The van der Waals surface area contributed by atoms with Crippen molar-refractivity contribution in [2.75, 3.05) is 12.0 Å². The van der Waals surface area contributed by atoms with E-state index in [1.165, 1.54) is 5.56 Å². The molecule has 138 valence electrons. The number of fused-ring (bicyclic) bond motifs is 1. The van der Waals surface area contributed by atoms with Gasteiger partial charge in [0.2, 0.25) is 0 Å². The SMILES string of the molecule is COc1ccccc1N1c2ccccc2C(N)N(Cc2ccccc2)C1N. The summed E-state index contributed by atoms with van der Waals surface area (Å²) in [4.78, 5) is 4.20. The van der Waals surface area contributed by atoms with Crippen LogP contribution in [0.2, 0.25) is 0 Å². The first kappa shape index (κ1) is 17.5. The zero-order valence-electron chi connectivity index (χ0n) is 15.3. The summed E-state index contributed by atoms with van der Waals surface area (Å²) in [5, 5.41) is 0. The molecule has 0 spiro atoms. The van der Waals surface area contributed by atoms with Gasteiger partial charge in [-0.2, -0.15) is 0 Å². The highest BCUT2D eigenvalue weighted by molar-refractivity contribution is 5.73. The Labute approximate surface area is 159 Å². The maximum absolute atomic E-state index is 6.75. The van der Waals surface area contributed by atoms with Gasteiger partial charge in [0.25, 0.3) is 0 Å². The summed E-state index contributed by atoms with van der Waals surface area (Å²) in [6, 6.07) is 26.3. The predicted molar refractivity (Wildman–Crippen MR) is 108 cm³/mol. The van der Waals surface area contributed by atoms with Crippen molar-refractivity contribution >= 4 is 11.4 Å². The molecule has 5 heteroatoms. The Morgan fingerprint density at radius 3 is 2.19 bits per heavy atom. The zero-order chi connectivity index (χ0) is 18.8. The van der Waals surface area contributed by atoms with Crippen molar-refractivity contribution in [2.24, 2.45) is 11.5 Å². The molecule has 1 aliphatic rings. The van der Waals surface area contributed by atoms with Crippen molar-refractivity contribution in [3.05, 3.63) is 90.0 Å². The molecule has 0 saturated heterocycles. The summed E-state index contributed by atoms with van der Waals surface area (Å²) in [5.41, 5.74) is 17.5. The van der Waals surface area contributed by atoms with E-state index in [2.05, 4.69) is 34.1 Å². The summed E-state index contributed by atoms with van der Waals surface area (Å²) >= 11 is 0. The topological polar surface area (TPSA) is 67.8 Å². The van der Waals surface area contributed by atoms with Gasteiger partial charge in [-0.3, -0.25) is 5.73 Å².